The van der Waals surface area contributed by atoms with Crippen molar-refractivity contribution in [2.75, 3.05) is 0 Å². The molecule has 0 aliphatic carbocycles. The first-order chi connectivity index (χ1) is 9.78. The van der Waals surface area contributed by atoms with Crippen LogP contribution in [0.2, 0.25) is 0 Å². The van der Waals surface area contributed by atoms with Crippen molar-refractivity contribution in [1.29, 1.82) is 0 Å². The number of furan rings is 1. The van der Waals surface area contributed by atoms with Gasteiger partial charge in [0.25, 0.3) is 0 Å². The van der Waals surface area contributed by atoms with Crippen LogP contribution in [0.25, 0.3) is 10.6 Å². The number of nitrogens with zero attached hydrogens (tertiary/aromatic N) is 4. The summed E-state index contributed by atoms with van der Waals surface area (Å²) in [4.78, 5) is 4.56. The third-order valence-electron chi connectivity index (χ3n) is 2.74. The lowest BCUT2D eigenvalue weighted by atomic mass is 10.4. The Kier molecular flexibility index (Phi) is 3.86. The molecule has 0 bridgehead atoms. The second kappa shape index (κ2) is 5.78. The van der Waals surface area contributed by atoms with Gasteiger partial charge in [-0.3, -0.25) is 0 Å². The lowest BCUT2D eigenvalue weighted by Gasteiger charge is -2.00. The third kappa shape index (κ3) is 2.62. The van der Waals surface area contributed by atoms with Gasteiger partial charge in [-0.05, 0) is 6.07 Å². The van der Waals surface area contributed by atoms with Crippen molar-refractivity contribution in [3.8, 4) is 10.6 Å². The maximum atomic E-state index is 9.07. The fourth-order valence-corrected chi connectivity index (χ4v) is 3.37. The predicted octanol–water partition coefficient (Wildman–Crippen LogP) is 2.32. The molecule has 3 rings (SSSR count). The molecular formula is C12H12N4O2S2. The normalized spacial score (nSPS) is 11.1. The Morgan fingerprint density at radius 3 is 3.05 bits per heavy atom. The first kappa shape index (κ1) is 13.3. The summed E-state index contributed by atoms with van der Waals surface area (Å²) >= 11 is 3.13. The van der Waals surface area contributed by atoms with E-state index in [1.54, 1.807) is 40.2 Å². The molecule has 3 aromatic heterocycles. The van der Waals surface area contributed by atoms with Crippen LogP contribution in [0.15, 0.2) is 33.5 Å². The molecule has 0 aromatic carbocycles. The van der Waals surface area contributed by atoms with Crippen LogP contribution in [0.4, 0.5) is 0 Å². The van der Waals surface area contributed by atoms with Crippen LogP contribution in [0.1, 0.15) is 11.5 Å². The van der Waals surface area contributed by atoms with Crippen molar-refractivity contribution in [2.24, 2.45) is 7.05 Å². The molecule has 0 aliphatic rings. The van der Waals surface area contributed by atoms with Crippen molar-refractivity contribution >= 4 is 23.1 Å². The second-order valence-corrected chi connectivity index (χ2v) is 5.86. The molecule has 3 aromatic rings. The highest BCUT2D eigenvalue weighted by Gasteiger charge is 2.10. The molecule has 0 unspecified atom stereocenters. The van der Waals surface area contributed by atoms with E-state index in [-0.39, 0.29) is 6.61 Å². The summed E-state index contributed by atoms with van der Waals surface area (Å²) in [6.45, 7) is -0.106. The highest BCUT2D eigenvalue weighted by atomic mass is 32.2. The minimum Gasteiger partial charge on any atom is -0.472 e. The fraction of sp³-hybridized carbons (Fsp3) is 0.250. The van der Waals surface area contributed by atoms with E-state index >= 15 is 0 Å². The van der Waals surface area contributed by atoms with E-state index in [1.807, 2.05) is 18.5 Å². The molecule has 0 spiro atoms. The van der Waals surface area contributed by atoms with Gasteiger partial charge in [-0.1, -0.05) is 11.8 Å². The largest absolute Gasteiger partial charge is 0.472 e. The number of aliphatic hydroxyl groups excluding tert-OH is 1. The molecule has 0 fully saturated rings. The number of aromatic nitrogens is 4. The van der Waals surface area contributed by atoms with Crippen LogP contribution in [0.3, 0.4) is 0 Å². The molecule has 104 valence electrons. The molecule has 0 amide bonds. The molecule has 0 aliphatic heterocycles. The zero-order valence-corrected chi connectivity index (χ0v) is 12.3. The van der Waals surface area contributed by atoms with E-state index < -0.39 is 0 Å². The maximum Gasteiger partial charge on any atom is 0.191 e. The van der Waals surface area contributed by atoms with E-state index in [0.29, 0.717) is 11.6 Å². The van der Waals surface area contributed by atoms with E-state index in [9.17, 15) is 0 Å². The molecule has 8 heteroatoms. The summed E-state index contributed by atoms with van der Waals surface area (Å²) in [6.07, 6.45) is 3.33. The van der Waals surface area contributed by atoms with Gasteiger partial charge < -0.3 is 14.1 Å². The Labute approximate surface area is 123 Å². The third-order valence-corrected chi connectivity index (χ3v) is 4.73. The molecule has 0 saturated heterocycles. The number of hydrogen-bond acceptors (Lipinski definition) is 7. The quantitative estimate of drug-likeness (QED) is 0.729. The molecule has 0 radical (unpaired) electrons. The highest BCUT2D eigenvalue weighted by Crippen LogP contribution is 2.27. The van der Waals surface area contributed by atoms with Gasteiger partial charge in [0.1, 0.15) is 17.9 Å². The average Bonchev–Trinajstić information content (AvgIpc) is 3.17. The Balaban J connectivity index is 1.68. The molecule has 20 heavy (non-hydrogen) atoms. The summed E-state index contributed by atoms with van der Waals surface area (Å²) < 4.78 is 6.84. The maximum absolute atomic E-state index is 9.07. The Morgan fingerprint density at radius 1 is 1.45 bits per heavy atom. The standard InChI is InChI=1S/C12H12N4O2S2/c1-16-10(4-17)14-15-12(16)20-7-9-6-19-11(13-9)8-2-3-18-5-8/h2-3,5-6,17H,4,7H2,1H3. The average molecular weight is 308 g/mol. The van der Waals surface area contributed by atoms with Gasteiger partial charge in [0.15, 0.2) is 11.0 Å². The van der Waals surface area contributed by atoms with E-state index in [0.717, 1.165) is 21.4 Å². The monoisotopic (exact) mass is 308 g/mol. The van der Waals surface area contributed by atoms with Crippen molar-refractivity contribution in [3.05, 3.63) is 35.5 Å². The zero-order chi connectivity index (χ0) is 13.9. The molecule has 3 heterocycles. The minimum absolute atomic E-state index is 0.106. The van der Waals surface area contributed by atoms with Gasteiger partial charge in [-0.2, -0.15) is 0 Å². The second-order valence-electron chi connectivity index (χ2n) is 4.06. The number of aliphatic hydroxyl groups is 1. The number of hydrogen-bond donors (Lipinski definition) is 1. The molecule has 0 saturated carbocycles. The number of rotatable bonds is 5. The minimum atomic E-state index is -0.106. The SMILES string of the molecule is Cn1c(CO)nnc1SCc1csc(-c2ccoc2)n1. The summed E-state index contributed by atoms with van der Waals surface area (Å²) in [6, 6.07) is 1.89. The molecule has 0 atom stereocenters. The Bertz CT molecular complexity index is 690. The summed E-state index contributed by atoms with van der Waals surface area (Å²) in [7, 11) is 1.84. The first-order valence-electron chi connectivity index (χ1n) is 5.87. The van der Waals surface area contributed by atoms with E-state index in [1.165, 1.54) is 0 Å². The van der Waals surface area contributed by atoms with Crippen molar-refractivity contribution in [3.63, 3.8) is 0 Å². The first-order valence-corrected chi connectivity index (χ1v) is 7.73. The van der Waals surface area contributed by atoms with Gasteiger partial charge in [0.2, 0.25) is 0 Å². The van der Waals surface area contributed by atoms with E-state index in [4.69, 9.17) is 9.52 Å². The summed E-state index contributed by atoms with van der Waals surface area (Å²) in [5.74, 6) is 1.27. The zero-order valence-electron chi connectivity index (χ0n) is 10.7. The Morgan fingerprint density at radius 2 is 2.35 bits per heavy atom. The summed E-state index contributed by atoms with van der Waals surface area (Å²) in [5.41, 5.74) is 1.98. The lowest BCUT2D eigenvalue weighted by molar-refractivity contribution is 0.266. The molecule has 6 nitrogen and oxygen atoms in total. The fourth-order valence-electron chi connectivity index (χ4n) is 1.64. The van der Waals surface area contributed by atoms with Crippen LogP contribution in [-0.2, 0) is 19.4 Å². The Hall–Kier alpha value is -1.64. The van der Waals surface area contributed by atoms with Crippen LogP contribution >= 0.6 is 23.1 Å². The van der Waals surface area contributed by atoms with Crippen LogP contribution < -0.4 is 0 Å². The van der Waals surface area contributed by atoms with Gasteiger partial charge in [0.05, 0.1) is 12.0 Å². The van der Waals surface area contributed by atoms with Crippen molar-refractivity contribution in [2.45, 2.75) is 17.5 Å². The summed E-state index contributed by atoms with van der Waals surface area (Å²) in [5, 5.41) is 20.8. The molecular weight excluding hydrogens is 296 g/mol. The van der Waals surface area contributed by atoms with Crippen LogP contribution in [0.5, 0.6) is 0 Å². The smallest absolute Gasteiger partial charge is 0.191 e. The van der Waals surface area contributed by atoms with E-state index in [2.05, 4.69) is 15.2 Å². The van der Waals surface area contributed by atoms with Crippen LogP contribution in [0, 0.1) is 0 Å². The number of thioether (sulfide) groups is 1. The van der Waals surface area contributed by atoms with Crippen LogP contribution in [-0.4, -0.2) is 24.9 Å². The van der Waals surface area contributed by atoms with Gasteiger partial charge in [-0.15, -0.1) is 21.5 Å². The number of thiazole rings is 1. The predicted molar refractivity (Wildman–Crippen MR) is 76.3 cm³/mol. The van der Waals surface area contributed by atoms with Gasteiger partial charge >= 0.3 is 0 Å². The molecule has 1 N–H and O–H groups in total. The lowest BCUT2D eigenvalue weighted by Crippen LogP contribution is -1.98. The van der Waals surface area contributed by atoms with Gasteiger partial charge in [-0.25, -0.2) is 4.98 Å². The highest BCUT2D eigenvalue weighted by molar-refractivity contribution is 7.98. The van der Waals surface area contributed by atoms with Gasteiger partial charge in [0, 0.05) is 23.7 Å². The van der Waals surface area contributed by atoms with Crippen molar-refractivity contribution in [1.82, 2.24) is 19.7 Å². The topological polar surface area (TPSA) is 77.0 Å². The van der Waals surface area contributed by atoms with Crippen molar-refractivity contribution < 1.29 is 9.52 Å².